The zero-order chi connectivity index (χ0) is 25.7. The Labute approximate surface area is 222 Å². The maximum atomic E-state index is 5.18. The fraction of sp³-hybridized carbons (Fsp3) is 0.379. The summed E-state index contributed by atoms with van der Waals surface area (Å²) in [5.41, 5.74) is 5.00. The van der Waals surface area contributed by atoms with Gasteiger partial charge in [-0.15, -0.1) is 10.2 Å². The molecule has 1 saturated heterocycles. The molecule has 0 bridgehead atoms. The smallest absolute Gasteiger partial charge is 0.223 e. The first-order chi connectivity index (χ1) is 18.7. The van der Waals surface area contributed by atoms with Gasteiger partial charge >= 0.3 is 0 Å². The number of hydrogen-bond acceptors (Lipinski definition) is 7. The summed E-state index contributed by atoms with van der Waals surface area (Å²) in [5.74, 6) is 1.43. The van der Waals surface area contributed by atoms with Crippen LogP contribution >= 0.6 is 0 Å². The third-order valence-electron chi connectivity index (χ3n) is 7.63. The molecule has 196 valence electrons. The number of H-pyrrole nitrogens is 1. The molecule has 6 rings (SSSR count). The van der Waals surface area contributed by atoms with Crippen LogP contribution in [0.2, 0.25) is 0 Å². The minimum Gasteiger partial charge on any atom is -0.361 e. The summed E-state index contributed by atoms with van der Waals surface area (Å²) < 4.78 is 7.13. The second-order valence-electron chi connectivity index (χ2n) is 10.1. The predicted molar refractivity (Wildman–Crippen MR) is 146 cm³/mol. The third kappa shape index (κ3) is 5.54. The molecule has 9 nitrogen and oxygen atoms in total. The first kappa shape index (κ1) is 24.5. The van der Waals surface area contributed by atoms with Crippen molar-refractivity contribution in [1.82, 2.24) is 39.7 Å². The molecule has 2 aromatic carbocycles. The molecule has 1 aliphatic rings. The van der Waals surface area contributed by atoms with E-state index in [9.17, 15) is 0 Å². The van der Waals surface area contributed by atoms with Gasteiger partial charge in [0.1, 0.15) is 12.7 Å². The molecule has 1 unspecified atom stereocenters. The monoisotopic (exact) mass is 510 g/mol. The topological polar surface area (TPSA) is 91.9 Å². The molecule has 3 aromatic heterocycles. The van der Waals surface area contributed by atoms with Gasteiger partial charge in [0.05, 0.1) is 0 Å². The number of aryl methyl sites for hydroxylation is 3. The summed E-state index contributed by atoms with van der Waals surface area (Å²) in [6.07, 6.45) is 9.64. The van der Waals surface area contributed by atoms with Crippen molar-refractivity contribution in [3.05, 3.63) is 90.2 Å². The lowest BCUT2D eigenvalue weighted by Crippen LogP contribution is -2.48. The largest absolute Gasteiger partial charge is 0.361 e. The van der Waals surface area contributed by atoms with Crippen molar-refractivity contribution < 1.29 is 4.52 Å². The van der Waals surface area contributed by atoms with Gasteiger partial charge in [-0.3, -0.25) is 9.47 Å². The second kappa shape index (κ2) is 11.3. The van der Waals surface area contributed by atoms with Crippen LogP contribution in [0.4, 0.5) is 0 Å². The summed E-state index contributed by atoms with van der Waals surface area (Å²) in [6, 6.07) is 17.7. The van der Waals surface area contributed by atoms with Gasteiger partial charge in [0.15, 0.2) is 5.82 Å². The fourth-order valence-corrected chi connectivity index (χ4v) is 5.60. The van der Waals surface area contributed by atoms with Crippen LogP contribution in [0.1, 0.15) is 41.7 Å². The zero-order valence-electron chi connectivity index (χ0n) is 21.8. The number of rotatable bonds is 10. The van der Waals surface area contributed by atoms with Gasteiger partial charge in [0.2, 0.25) is 5.89 Å². The number of piperazine rings is 1. The first-order valence-electron chi connectivity index (χ1n) is 13.5. The predicted octanol–water partition coefficient (Wildman–Crippen LogP) is 4.36. The molecule has 1 aliphatic heterocycles. The van der Waals surface area contributed by atoms with Gasteiger partial charge in [0, 0.05) is 68.4 Å². The lowest BCUT2D eigenvalue weighted by atomic mass is 9.99. The van der Waals surface area contributed by atoms with Crippen molar-refractivity contribution in [1.29, 1.82) is 0 Å². The van der Waals surface area contributed by atoms with E-state index in [0.717, 1.165) is 69.9 Å². The standard InChI is InChI=1S/C29H34N8O/c1-22-33-29(34-38-22)12-11-28(23-6-3-2-4-7-23)36-16-14-35(15-17-36)13-5-8-24-19-30-27-10-9-25(18-26(24)27)37-20-31-32-21-37/h2-4,6-7,9-10,18-21,28,30H,5,8,11-17H2,1H3. The molecule has 0 saturated carbocycles. The van der Waals surface area contributed by atoms with E-state index in [2.05, 4.69) is 89.8 Å². The van der Waals surface area contributed by atoms with E-state index in [1.807, 2.05) is 11.5 Å². The third-order valence-corrected chi connectivity index (χ3v) is 7.63. The number of hydrogen-bond donors (Lipinski definition) is 1. The lowest BCUT2D eigenvalue weighted by Gasteiger charge is -2.39. The van der Waals surface area contributed by atoms with Crippen molar-refractivity contribution >= 4 is 10.9 Å². The molecule has 0 spiro atoms. The quantitative estimate of drug-likeness (QED) is 0.298. The Morgan fingerprint density at radius 3 is 2.55 bits per heavy atom. The Morgan fingerprint density at radius 2 is 1.79 bits per heavy atom. The van der Waals surface area contributed by atoms with Crippen LogP contribution < -0.4 is 0 Å². The van der Waals surface area contributed by atoms with Crippen molar-refractivity contribution in [2.45, 2.75) is 38.6 Å². The molecular weight excluding hydrogens is 476 g/mol. The SMILES string of the molecule is Cc1nc(CCC(c2ccccc2)N2CCN(CCCc3c[nH]c4ccc(-n5cnnc5)cc34)CC2)no1. The summed E-state index contributed by atoms with van der Waals surface area (Å²) >= 11 is 0. The van der Waals surface area contributed by atoms with E-state index in [1.54, 1.807) is 12.7 Å². The molecule has 9 heteroatoms. The molecule has 1 fully saturated rings. The van der Waals surface area contributed by atoms with Crippen molar-refractivity contribution in [3.8, 4) is 5.69 Å². The second-order valence-corrected chi connectivity index (χ2v) is 10.1. The van der Waals surface area contributed by atoms with E-state index in [-0.39, 0.29) is 0 Å². The van der Waals surface area contributed by atoms with E-state index >= 15 is 0 Å². The number of benzene rings is 2. The number of aromatic amines is 1. The minimum absolute atomic E-state index is 0.364. The Balaban J connectivity index is 1.03. The maximum Gasteiger partial charge on any atom is 0.223 e. The Kier molecular flexibility index (Phi) is 7.28. The number of fused-ring (bicyclic) bond motifs is 1. The van der Waals surface area contributed by atoms with E-state index in [0.29, 0.717) is 11.9 Å². The number of nitrogens with one attached hydrogen (secondary N) is 1. The van der Waals surface area contributed by atoms with Crippen LogP contribution in [0.15, 0.2) is 71.9 Å². The highest BCUT2D eigenvalue weighted by Gasteiger charge is 2.25. The van der Waals surface area contributed by atoms with Crippen LogP contribution in [0, 0.1) is 6.92 Å². The van der Waals surface area contributed by atoms with Gasteiger partial charge < -0.3 is 14.4 Å². The van der Waals surface area contributed by atoms with Crippen LogP contribution in [0.25, 0.3) is 16.6 Å². The summed E-state index contributed by atoms with van der Waals surface area (Å²) in [5, 5.41) is 13.3. The molecule has 0 amide bonds. The summed E-state index contributed by atoms with van der Waals surface area (Å²) in [7, 11) is 0. The van der Waals surface area contributed by atoms with Crippen molar-refractivity contribution in [2.75, 3.05) is 32.7 Å². The van der Waals surface area contributed by atoms with E-state index in [4.69, 9.17) is 4.52 Å². The van der Waals surface area contributed by atoms with Crippen LogP contribution in [0.5, 0.6) is 0 Å². The van der Waals surface area contributed by atoms with Gasteiger partial charge in [-0.05, 0) is 55.1 Å². The lowest BCUT2D eigenvalue weighted by molar-refractivity contribution is 0.0910. The molecule has 38 heavy (non-hydrogen) atoms. The van der Waals surface area contributed by atoms with E-state index in [1.165, 1.54) is 22.0 Å². The minimum atomic E-state index is 0.364. The summed E-state index contributed by atoms with van der Waals surface area (Å²) in [6.45, 7) is 7.29. The maximum absolute atomic E-state index is 5.18. The molecular formula is C29H34N8O. The molecule has 0 radical (unpaired) electrons. The highest BCUT2D eigenvalue weighted by atomic mass is 16.5. The number of aromatic nitrogens is 6. The van der Waals surface area contributed by atoms with Gasteiger partial charge in [0.25, 0.3) is 0 Å². The molecule has 1 N–H and O–H groups in total. The average Bonchev–Trinajstić information content (AvgIpc) is 3.72. The van der Waals surface area contributed by atoms with E-state index < -0.39 is 0 Å². The van der Waals surface area contributed by atoms with Crippen LogP contribution in [-0.2, 0) is 12.8 Å². The number of nitrogens with zero attached hydrogens (tertiary/aromatic N) is 7. The van der Waals surface area contributed by atoms with Gasteiger partial charge in [-0.2, -0.15) is 4.98 Å². The highest BCUT2D eigenvalue weighted by molar-refractivity contribution is 5.85. The average molecular weight is 511 g/mol. The van der Waals surface area contributed by atoms with Crippen molar-refractivity contribution in [3.63, 3.8) is 0 Å². The molecule has 5 aromatic rings. The summed E-state index contributed by atoms with van der Waals surface area (Å²) in [4.78, 5) is 13.1. The van der Waals surface area contributed by atoms with Crippen LogP contribution in [-0.4, -0.2) is 72.4 Å². The van der Waals surface area contributed by atoms with Crippen molar-refractivity contribution in [2.24, 2.45) is 0 Å². The molecule has 1 atom stereocenters. The normalized spacial score (nSPS) is 15.8. The zero-order valence-corrected chi connectivity index (χ0v) is 21.8. The Morgan fingerprint density at radius 1 is 0.974 bits per heavy atom. The highest BCUT2D eigenvalue weighted by Crippen LogP contribution is 2.27. The Bertz CT molecular complexity index is 1430. The van der Waals surface area contributed by atoms with Gasteiger partial charge in [-0.25, -0.2) is 0 Å². The Hall–Kier alpha value is -3.82. The molecule has 0 aliphatic carbocycles. The van der Waals surface area contributed by atoms with Gasteiger partial charge in [-0.1, -0.05) is 35.5 Å². The van der Waals surface area contributed by atoms with Crippen LogP contribution in [0.3, 0.4) is 0 Å². The fourth-order valence-electron chi connectivity index (χ4n) is 5.60. The molecule has 4 heterocycles. The first-order valence-corrected chi connectivity index (χ1v) is 13.5.